The molecule has 1 unspecified atom stereocenters. The number of carbonyl (C=O) groups excluding carboxylic acids is 2. The fraction of sp³-hybridized carbons (Fsp3) is 0.333. The van der Waals surface area contributed by atoms with Crippen LogP contribution in [0.4, 0.5) is 17.1 Å². The molecule has 2 amide bonds. The second kappa shape index (κ2) is 9.75. The minimum atomic E-state index is -0.154. The fourth-order valence-corrected chi connectivity index (χ4v) is 2.86. The molecule has 3 N–H and O–H groups in total. The molecule has 0 aliphatic carbocycles. The van der Waals surface area contributed by atoms with E-state index < -0.39 is 0 Å². The van der Waals surface area contributed by atoms with Crippen molar-refractivity contribution in [3.05, 3.63) is 48.5 Å². The quantitative estimate of drug-likeness (QED) is 0.651. The van der Waals surface area contributed by atoms with Gasteiger partial charge in [-0.2, -0.15) is 0 Å². The molecular weight excluding hydrogens is 358 g/mol. The fourth-order valence-electron chi connectivity index (χ4n) is 2.86. The molecule has 0 aromatic heterocycles. The normalized spacial score (nSPS) is 15.7. The van der Waals surface area contributed by atoms with E-state index >= 15 is 0 Å². The highest BCUT2D eigenvalue weighted by molar-refractivity contribution is 5.94. The number of amides is 2. The molecule has 1 atom stereocenters. The van der Waals surface area contributed by atoms with Gasteiger partial charge < -0.3 is 25.4 Å². The van der Waals surface area contributed by atoms with Gasteiger partial charge in [0.05, 0.1) is 12.6 Å². The van der Waals surface area contributed by atoms with Gasteiger partial charge in [-0.3, -0.25) is 9.59 Å². The Kier molecular flexibility index (Phi) is 6.86. The third-order valence-corrected chi connectivity index (χ3v) is 4.26. The third-order valence-electron chi connectivity index (χ3n) is 4.26. The average Bonchev–Trinajstić information content (AvgIpc) is 3.20. The van der Waals surface area contributed by atoms with E-state index in [2.05, 4.69) is 16.0 Å². The van der Waals surface area contributed by atoms with Crippen LogP contribution in [0.3, 0.4) is 0 Å². The van der Waals surface area contributed by atoms with Crippen molar-refractivity contribution in [2.45, 2.75) is 25.9 Å². The predicted molar refractivity (Wildman–Crippen MR) is 109 cm³/mol. The molecule has 1 aliphatic rings. The molecule has 7 heteroatoms. The topological polar surface area (TPSA) is 88.7 Å². The molecule has 1 aliphatic heterocycles. The van der Waals surface area contributed by atoms with Crippen molar-refractivity contribution >= 4 is 28.9 Å². The summed E-state index contributed by atoms with van der Waals surface area (Å²) >= 11 is 0. The summed E-state index contributed by atoms with van der Waals surface area (Å²) in [7, 11) is 0. The van der Waals surface area contributed by atoms with Gasteiger partial charge in [-0.15, -0.1) is 0 Å². The molecule has 2 aromatic carbocycles. The Labute approximate surface area is 164 Å². The minimum Gasteiger partial charge on any atom is -0.491 e. The van der Waals surface area contributed by atoms with Crippen molar-refractivity contribution in [2.24, 2.45) is 0 Å². The second-order valence-corrected chi connectivity index (χ2v) is 6.63. The Bertz CT molecular complexity index is 784. The van der Waals surface area contributed by atoms with Gasteiger partial charge in [-0.25, -0.2) is 0 Å². The zero-order valence-electron chi connectivity index (χ0n) is 15.9. The van der Waals surface area contributed by atoms with Gasteiger partial charge in [0.1, 0.15) is 12.4 Å². The average molecular weight is 383 g/mol. The Balaban J connectivity index is 1.40. The molecule has 0 spiro atoms. The first kappa shape index (κ1) is 19.7. The molecule has 0 saturated carbocycles. The van der Waals surface area contributed by atoms with Crippen LogP contribution in [-0.4, -0.2) is 37.7 Å². The Morgan fingerprint density at radius 3 is 2.29 bits per heavy atom. The molecule has 2 aromatic rings. The van der Waals surface area contributed by atoms with Crippen LogP contribution in [0.25, 0.3) is 0 Å². The lowest BCUT2D eigenvalue weighted by Crippen LogP contribution is -2.21. The van der Waals surface area contributed by atoms with Crippen LogP contribution < -0.4 is 20.7 Å². The smallest absolute Gasteiger partial charge is 0.243 e. The maximum absolute atomic E-state index is 12.1. The van der Waals surface area contributed by atoms with E-state index in [9.17, 15) is 9.59 Å². The van der Waals surface area contributed by atoms with E-state index in [-0.39, 0.29) is 24.5 Å². The molecule has 7 nitrogen and oxygen atoms in total. The first-order chi connectivity index (χ1) is 13.6. The summed E-state index contributed by atoms with van der Waals surface area (Å²) in [6.45, 7) is 2.96. The summed E-state index contributed by atoms with van der Waals surface area (Å²) in [6, 6.07) is 14.4. The van der Waals surface area contributed by atoms with E-state index in [0.717, 1.165) is 30.9 Å². The van der Waals surface area contributed by atoms with Gasteiger partial charge in [0.15, 0.2) is 0 Å². The molecule has 1 fully saturated rings. The van der Waals surface area contributed by atoms with Crippen LogP contribution in [0.5, 0.6) is 5.75 Å². The molecule has 0 radical (unpaired) electrons. The van der Waals surface area contributed by atoms with Gasteiger partial charge in [-0.1, -0.05) is 0 Å². The number of hydrogen-bond donors (Lipinski definition) is 3. The predicted octanol–water partition coefficient (Wildman–Crippen LogP) is 3.25. The van der Waals surface area contributed by atoms with Gasteiger partial charge >= 0.3 is 0 Å². The lowest BCUT2D eigenvalue weighted by molar-refractivity contribution is -0.115. The molecule has 0 bridgehead atoms. The number of benzene rings is 2. The molecular formula is C21H25N3O4. The monoisotopic (exact) mass is 383 g/mol. The lowest BCUT2D eigenvalue weighted by atomic mass is 10.2. The first-order valence-electron chi connectivity index (χ1n) is 9.34. The van der Waals surface area contributed by atoms with Crippen molar-refractivity contribution in [1.29, 1.82) is 0 Å². The zero-order valence-corrected chi connectivity index (χ0v) is 15.9. The van der Waals surface area contributed by atoms with Crippen molar-refractivity contribution in [3.8, 4) is 5.75 Å². The van der Waals surface area contributed by atoms with Crippen molar-refractivity contribution in [3.63, 3.8) is 0 Å². The van der Waals surface area contributed by atoms with Crippen LogP contribution >= 0.6 is 0 Å². The summed E-state index contributed by atoms with van der Waals surface area (Å²) in [6.07, 6.45) is 2.31. The Hall–Kier alpha value is -3.06. The highest BCUT2D eigenvalue weighted by Crippen LogP contribution is 2.18. The summed E-state index contributed by atoms with van der Waals surface area (Å²) in [5, 5.41) is 8.58. The van der Waals surface area contributed by atoms with Crippen LogP contribution in [0.2, 0.25) is 0 Å². The SMILES string of the molecule is CC(=O)Nc1ccc(NCC(=O)Nc2ccc(OCC3CCCO3)cc2)cc1. The highest BCUT2D eigenvalue weighted by Gasteiger charge is 2.15. The molecule has 3 rings (SSSR count). The first-order valence-corrected chi connectivity index (χ1v) is 9.34. The zero-order chi connectivity index (χ0) is 19.8. The van der Waals surface area contributed by atoms with Gasteiger partial charge in [0, 0.05) is 30.6 Å². The maximum atomic E-state index is 12.1. The number of rotatable bonds is 8. The number of hydrogen-bond acceptors (Lipinski definition) is 5. The standard InChI is InChI=1S/C21H25N3O4/c1-15(25)23-17-6-4-16(5-7-17)22-13-21(26)24-18-8-10-19(11-9-18)28-14-20-3-2-12-27-20/h4-11,20,22H,2-3,12-14H2,1H3,(H,23,25)(H,24,26). The van der Waals surface area contributed by atoms with Crippen LogP contribution in [0, 0.1) is 0 Å². The molecule has 148 valence electrons. The van der Waals surface area contributed by atoms with E-state index in [1.54, 1.807) is 24.3 Å². The van der Waals surface area contributed by atoms with E-state index in [4.69, 9.17) is 9.47 Å². The van der Waals surface area contributed by atoms with Crippen molar-refractivity contribution in [2.75, 3.05) is 35.7 Å². The van der Waals surface area contributed by atoms with Gasteiger partial charge in [0.25, 0.3) is 0 Å². The number of anilines is 3. The van der Waals surface area contributed by atoms with Crippen molar-refractivity contribution in [1.82, 2.24) is 0 Å². The largest absolute Gasteiger partial charge is 0.491 e. The molecule has 28 heavy (non-hydrogen) atoms. The Morgan fingerprint density at radius 2 is 1.64 bits per heavy atom. The van der Waals surface area contributed by atoms with Gasteiger partial charge in [0.2, 0.25) is 11.8 Å². The summed E-state index contributed by atoms with van der Waals surface area (Å²) in [5.74, 6) is 0.480. The summed E-state index contributed by atoms with van der Waals surface area (Å²) in [5.41, 5.74) is 2.21. The second-order valence-electron chi connectivity index (χ2n) is 6.63. The maximum Gasteiger partial charge on any atom is 0.243 e. The number of nitrogens with one attached hydrogen (secondary N) is 3. The molecule has 1 saturated heterocycles. The third kappa shape index (κ3) is 6.28. The lowest BCUT2D eigenvalue weighted by Gasteiger charge is -2.12. The number of carbonyl (C=O) groups is 2. The van der Waals surface area contributed by atoms with Crippen molar-refractivity contribution < 1.29 is 19.1 Å². The van der Waals surface area contributed by atoms with E-state index in [0.29, 0.717) is 18.0 Å². The van der Waals surface area contributed by atoms with Crippen LogP contribution in [0.1, 0.15) is 19.8 Å². The number of ether oxygens (including phenoxy) is 2. The summed E-state index contributed by atoms with van der Waals surface area (Å²) < 4.78 is 11.2. The van der Waals surface area contributed by atoms with E-state index in [1.807, 2.05) is 24.3 Å². The Morgan fingerprint density at radius 1 is 1.00 bits per heavy atom. The summed E-state index contributed by atoms with van der Waals surface area (Å²) in [4.78, 5) is 23.1. The molecule has 1 heterocycles. The highest BCUT2D eigenvalue weighted by atomic mass is 16.5. The van der Waals surface area contributed by atoms with Gasteiger partial charge in [-0.05, 0) is 61.4 Å². The van der Waals surface area contributed by atoms with Crippen LogP contribution in [-0.2, 0) is 14.3 Å². The van der Waals surface area contributed by atoms with E-state index in [1.165, 1.54) is 6.92 Å². The van der Waals surface area contributed by atoms with Crippen LogP contribution in [0.15, 0.2) is 48.5 Å². The minimum absolute atomic E-state index is 0.122.